The summed E-state index contributed by atoms with van der Waals surface area (Å²) < 4.78 is 25.6. The van der Waals surface area contributed by atoms with Crippen LogP contribution in [0.5, 0.6) is 0 Å². The first-order chi connectivity index (χ1) is 17.9. The van der Waals surface area contributed by atoms with Crippen LogP contribution in [0.4, 0.5) is 0 Å². The summed E-state index contributed by atoms with van der Waals surface area (Å²) >= 11 is 0. The van der Waals surface area contributed by atoms with E-state index in [1.807, 2.05) is 0 Å². The summed E-state index contributed by atoms with van der Waals surface area (Å²) in [4.78, 5) is 10.8. The average Bonchev–Trinajstić information content (AvgIpc) is 3.23. The van der Waals surface area contributed by atoms with E-state index in [4.69, 9.17) is 24.1 Å². The lowest BCUT2D eigenvalue weighted by Gasteiger charge is -2.45. The largest absolute Gasteiger partial charge is 0.481 e. The Labute approximate surface area is 224 Å². The van der Waals surface area contributed by atoms with E-state index in [0.717, 1.165) is 58.3 Å². The van der Waals surface area contributed by atoms with Gasteiger partial charge in [0.15, 0.2) is 12.1 Å². The van der Waals surface area contributed by atoms with Gasteiger partial charge in [-0.3, -0.25) is 4.79 Å². The molecule has 6 heteroatoms. The molecule has 6 nitrogen and oxygen atoms in total. The van der Waals surface area contributed by atoms with Crippen LogP contribution in [0, 0.1) is 23.2 Å². The number of allylic oxidation sites excluding steroid dienone is 3. The van der Waals surface area contributed by atoms with Gasteiger partial charge in [-0.1, -0.05) is 57.4 Å². The van der Waals surface area contributed by atoms with Crippen molar-refractivity contribution in [2.24, 2.45) is 23.2 Å². The molecule has 37 heavy (non-hydrogen) atoms. The Kier molecular flexibility index (Phi) is 10.7. The smallest absolute Gasteiger partial charge is 0.303 e. The molecule has 2 saturated carbocycles. The quantitative estimate of drug-likeness (QED) is 0.234. The Bertz CT molecular complexity index is 752. The fraction of sp³-hybridized carbons (Fsp3) is 0.839. The van der Waals surface area contributed by atoms with Crippen LogP contribution in [-0.2, 0) is 23.7 Å². The van der Waals surface area contributed by atoms with E-state index in [0.29, 0.717) is 18.3 Å². The number of carbonyl (C=O) groups is 1. The normalized spacial score (nSPS) is 31.4. The molecule has 2 saturated heterocycles. The van der Waals surface area contributed by atoms with Crippen molar-refractivity contribution in [1.82, 2.24) is 0 Å². The number of carboxylic acid groups (broad SMARTS) is 1. The van der Waals surface area contributed by atoms with Crippen molar-refractivity contribution >= 4 is 5.97 Å². The highest BCUT2D eigenvalue weighted by Crippen LogP contribution is 2.50. The highest BCUT2D eigenvalue weighted by Gasteiger charge is 2.52. The average molecular weight is 519 g/mol. The van der Waals surface area contributed by atoms with Gasteiger partial charge in [0.25, 0.3) is 0 Å². The number of rotatable bonds is 11. The molecule has 2 aliphatic carbocycles. The fourth-order valence-corrected chi connectivity index (χ4v) is 6.50. The maximum Gasteiger partial charge on any atom is 0.303 e. The predicted molar refractivity (Wildman–Crippen MR) is 144 cm³/mol. The highest BCUT2D eigenvalue weighted by molar-refractivity contribution is 5.66. The zero-order valence-corrected chi connectivity index (χ0v) is 23.2. The minimum atomic E-state index is -0.728. The monoisotopic (exact) mass is 518 g/mol. The minimum absolute atomic E-state index is 0.0380. The second kappa shape index (κ2) is 13.7. The number of hydrogen-bond acceptors (Lipinski definition) is 5. The first-order valence-corrected chi connectivity index (χ1v) is 15.0. The molecule has 0 aromatic heterocycles. The van der Waals surface area contributed by atoms with Crippen LogP contribution in [-0.4, -0.2) is 49.1 Å². The molecular formula is C31H50O6. The van der Waals surface area contributed by atoms with Crippen molar-refractivity contribution in [2.45, 2.75) is 122 Å². The molecule has 2 heterocycles. The number of aliphatic carboxylic acids is 1. The Morgan fingerprint density at radius 2 is 1.78 bits per heavy atom. The van der Waals surface area contributed by atoms with E-state index in [9.17, 15) is 4.79 Å². The van der Waals surface area contributed by atoms with Crippen LogP contribution < -0.4 is 0 Å². The van der Waals surface area contributed by atoms with Gasteiger partial charge in [-0.2, -0.15) is 0 Å². The van der Waals surface area contributed by atoms with Gasteiger partial charge in [-0.15, -0.1) is 0 Å². The topological polar surface area (TPSA) is 74.2 Å². The predicted octanol–water partition coefficient (Wildman–Crippen LogP) is 7.03. The summed E-state index contributed by atoms with van der Waals surface area (Å²) in [5.41, 5.74) is 0.0380. The molecule has 4 fully saturated rings. The van der Waals surface area contributed by atoms with E-state index in [1.165, 1.54) is 38.5 Å². The molecule has 0 bridgehead atoms. The van der Waals surface area contributed by atoms with Crippen LogP contribution >= 0.6 is 0 Å². The SMILES string of the molecule is CC1(C)COC2(CCC(C=CC(OC3CCCCO3)C3CCCCC3)C2CC=CCCCC(=O)O)OC1. The highest BCUT2D eigenvalue weighted by atomic mass is 16.7. The van der Waals surface area contributed by atoms with Crippen molar-refractivity contribution in [3.8, 4) is 0 Å². The Morgan fingerprint density at radius 1 is 1.03 bits per heavy atom. The van der Waals surface area contributed by atoms with Crippen molar-refractivity contribution in [3.05, 3.63) is 24.3 Å². The minimum Gasteiger partial charge on any atom is -0.481 e. The van der Waals surface area contributed by atoms with Gasteiger partial charge in [0.2, 0.25) is 0 Å². The third-order valence-electron chi connectivity index (χ3n) is 8.75. The standard InChI is InChI=1S/C31H50O6/c1-30(2)22-35-31(36-23-30)20-19-24(26(31)14-8-3-4-9-15-28(32)33)17-18-27(25-12-6-5-7-13-25)37-29-16-10-11-21-34-29/h3,8,17-18,24-27,29H,4-7,9-16,19-23H2,1-2H3,(H,32,33). The number of unbranched alkanes of at least 4 members (excludes halogenated alkanes) is 1. The van der Waals surface area contributed by atoms with Gasteiger partial charge >= 0.3 is 5.97 Å². The molecule has 4 atom stereocenters. The van der Waals surface area contributed by atoms with E-state index >= 15 is 0 Å². The molecule has 1 spiro atoms. The molecule has 0 radical (unpaired) electrons. The van der Waals surface area contributed by atoms with Crippen LogP contribution in [0.2, 0.25) is 0 Å². The summed E-state index contributed by atoms with van der Waals surface area (Å²) in [7, 11) is 0. The molecule has 4 unspecified atom stereocenters. The summed E-state index contributed by atoms with van der Waals surface area (Å²) in [5, 5.41) is 8.90. The first-order valence-electron chi connectivity index (χ1n) is 15.0. The lowest BCUT2D eigenvalue weighted by atomic mass is 9.83. The summed E-state index contributed by atoms with van der Waals surface area (Å²) in [5.74, 6) is -0.0704. The van der Waals surface area contributed by atoms with Gasteiger partial charge in [-0.05, 0) is 69.6 Å². The third kappa shape index (κ3) is 8.39. The number of hydrogen-bond donors (Lipinski definition) is 1. The van der Waals surface area contributed by atoms with Gasteiger partial charge in [0, 0.05) is 30.8 Å². The molecular weight excluding hydrogens is 468 g/mol. The first kappa shape index (κ1) is 28.8. The molecule has 2 aliphatic heterocycles. The van der Waals surface area contributed by atoms with E-state index < -0.39 is 11.8 Å². The second-order valence-electron chi connectivity index (χ2n) is 12.5. The second-order valence-corrected chi connectivity index (χ2v) is 12.5. The summed E-state index contributed by atoms with van der Waals surface area (Å²) in [6, 6.07) is 0. The molecule has 1 N–H and O–H groups in total. The molecule has 210 valence electrons. The van der Waals surface area contributed by atoms with E-state index in [1.54, 1.807) is 0 Å². The van der Waals surface area contributed by atoms with E-state index in [-0.39, 0.29) is 30.1 Å². The molecule has 4 rings (SSSR count). The van der Waals surface area contributed by atoms with E-state index in [2.05, 4.69) is 38.2 Å². The molecule has 4 aliphatic rings. The Morgan fingerprint density at radius 3 is 2.49 bits per heavy atom. The lowest BCUT2D eigenvalue weighted by molar-refractivity contribution is -0.315. The molecule has 0 aromatic rings. The maximum atomic E-state index is 10.8. The van der Waals surface area contributed by atoms with Crippen molar-refractivity contribution < 1.29 is 28.8 Å². The van der Waals surface area contributed by atoms with Gasteiger partial charge in [0.1, 0.15) is 0 Å². The lowest BCUT2D eigenvalue weighted by Crippen LogP contribution is -2.50. The van der Waals surface area contributed by atoms with Crippen molar-refractivity contribution in [2.75, 3.05) is 19.8 Å². The van der Waals surface area contributed by atoms with Crippen LogP contribution in [0.3, 0.4) is 0 Å². The zero-order chi connectivity index (χ0) is 26.1. The zero-order valence-electron chi connectivity index (χ0n) is 23.2. The van der Waals surface area contributed by atoms with Crippen molar-refractivity contribution in [1.29, 1.82) is 0 Å². The summed E-state index contributed by atoms with van der Waals surface area (Å²) in [6.45, 7) is 6.64. The maximum absolute atomic E-state index is 10.8. The van der Waals surface area contributed by atoms with Gasteiger partial charge in [0.05, 0.1) is 19.3 Å². The van der Waals surface area contributed by atoms with Gasteiger partial charge in [-0.25, -0.2) is 0 Å². The summed E-state index contributed by atoms with van der Waals surface area (Å²) in [6.07, 6.45) is 23.4. The van der Waals surface area contributed by atoms with Crippen molar-refractivity contribution in [3.63, 3.8) is 0 Å². The fourth-order valence-electron chi connectivity index (χ4n) is 6.50. The van der Waals surface area contributed by atoms with Crippen LogP contribution in [0.1, 0.15) is 104 Å². The van der Waals surface area contributed by atoms with Crippen LogP contribution in [0.15, 0.2) is 24.3 Å². The van der Waals surface area contributed by atoms with Gasteiger partial charge < -0.3 is 24.1 Å². The molecule has 0 amide bonds. The molecule has 0 aromatic carbocycles. The Hall–Kier alpha value is -1.21. The number of ether oxygens (including phenoxy) is 4. The third-order valence-corrected chi connectivity index (χ3v) is 8.75. The number of carboxylic acids is 1. The Balaban J connectivity index is 1.44. The van der Waals surface area contributed by atoms with Crippen LogP contribution in [0.25, 0.3) is 0 Å².